The van der Waals surface area contributed by atoms with Crippen LogP contribution in [0.2, 0.25) is 0 Å². The van der Waals surface area contributed by atoms with Gasteiger partial charge in [0.2, 0.25) is 5.91 Å². The minimum atomic E-state index is -0.884. The van der Waals surface area contributed by atoms with Gasteiger partial charge in [-0.2, -0.15) is 0 Å². The number of ether oxygens (including phenoxy) is 2. The van der Waals surface area contributed by atoms with Crippen molar-refractivity contribution in [3.05, 3.63) is 40.6 Å². The Hall–Kier alpha value is -3.07. The van der Waals surface area contributed by atoms with Crippen LogP contribution in [0.1, 0.15) is 37.5 Å². The topological polar surface area (TPSA) is 88.2 Å². The van der Waals surface area contributed by atoms with Gasteiger partial charge in [0.05, 0.1) is 6.54 Å². The van der Waals surface area contributed by atoms with E-state index in [2.05, 4.69) is 5.32 Å². The van der Waals surface area contributed by atoms with Gasteiger partial charge in [-0.05, 0) is 42.3 Å². The summed E-state index contributed by atoms with van der Waals surface area (Å²) in [6, 6.07) is 8.75. The highest BCUT2D eigenvalue weighted by Gasteiger charge is 2.55. The number of nitrogens with one attached hydrogen (secondary N) is 1. The number of hydrogen-bond acceptors (Lipinski definition) is 6. The number of fused-ring (bicyclic) bond motifs is 1. The highest BCUT2D eigenvalue weighted by Crippen LogP contribution is 2.39. The van der Waals surface area contributed by atoms with E-state index in [0.717, 1.165) is 29.0 Å². The van der Waals surface area contributed by atoms with Gasteiger partial charge in [-0.3, -0.25) is 14.5 Å². The summed E-state index contributed by atoms with van der Waals surface area (Å²) in [7, 11) is 0. The van der Waals surface area contributed by atoms with Crippen LogP contribution in [-0.4, -0.2) is 48.0 Å². The van der Waals surface area contributed by atoms with Crippen LogP contribution in [-0.2, 0) is 16.1 Å². The Kier molecular flexibility index (Phi) is 5.74. The maximum atomic E-state index is 13.5. The van der Waals surface area contributed by atoms with Crippen LogP contribution in [0.4, 0.5) is 10.5 Å². The Labute approximate surface area is 196 Å². The third-order valence-electron chi connectivity index (χ3n) is 6.83. The Morgan fingerprint density at radius 3 is 2.79 bits per heavy atom. The van der Waals surface area contributed by atoms with E-state index >= 15 is 0 Å². The fraction of sp³-hybridized carbons (Fsp3) is 0.458. The average molecular weight is 470 g/mol. The molecule has 9 heteroatoms. The van der Waals surface area contributed by atoms with Crippen molar-refractivity contribution in [3.8, 4) is 11.5 Å². The van der Waals surface area contributed by atoms with Crippen molar-refractivity contribution >= 4 is 34.9 Å². The fourth-order valence-corrected chi connectivity index (χ4v) is 5.63. The van der Waals surface area contributed by atoms with E-state index in [1.54, 1.807) is 34.4 Å². The van der Waals surface area contributed by atoms with Gasteiger partial charge < -0.3 is 19.7 Å². The molecule has 0 radical (unpaired) electrons. The molecule has 1 spiro atoms. The molecule has 1 aromatic heterocycles. The van der Waals surface area contributed by atoms with Gasteiger partial charge in [-0.25, -0.2) is 4.79 Å². The van der Waals surface area contributed by atoms with E-state index in [1.165, 1.54) is 0 Å². The lowest BCUT2D eigenvalue weighted by atomic mass is 9.73. The van der Waals surface area contributed by atoms with E-state index in [1.807, 2.05) is 24.4 Å². The second-order valence-electron chi connectivity index (χ2n) is 8.83. The number of carbonyl (C=O) groups excluding carboxylic acids is 3. The van der Waals surface area contributed by atoms with E-state index in [0.29, 0.717) is 43.4 Å². The lowest BCUT2D eigenvalue weighted by molar-refractivity contribution is -0.136. The minimum absolute atomic E-state index is 0.0443. The summed E-state index contributed by atoms with van der Waals surface area (Å²) >= 11 is 1.54. The number of thiophene rings is 1. The first-order valence-electron chi connectivity index (χ1n) is 11.3. The molecule has 5 rings (SSSR count). The minimum Gasteiger partial charge on any atom is -0.486 e. The Morgan fingerprint density at radius 1 is 1.21 bits per heavy atom. The third-order valence-corrected chi connectivity index (χ3v) is 7.69. The van der Waals surface area contributed by atoms with Crippen molar-refractivity contribution in [3.63, 3.8) is 0 Å². The Morgan fingerprint density at radius 2 is 2.03 bits per heavy atom. The van der Waals surface area contributed by atoms with Gasteiger partial charge >= 0.3 is 6.03 Å². The second-order valence-corrected chi connectivity index (χ2v) is 9.86. The predicted octanol–water partition coefficient (Wildman–Crippen LogP) is 3.55. The molecule has 1 aliphatic carbocycles. The number of rotatable bonds is 5. The number of nitrogens with zero attached hydrogens (tertiary/aromatic N) is 2. The number of hydrogen-bond donors (Lipinski definition) is 1. The second kappa shape index (κ2) is 8.70. The molecule has 174 valence electrons. The molecular formula is C24H27N3O5S. The summed E-state index contributed by atoms with van der Waals surface area (Å²) in [5.41, 5.74) is -0.254. The standard InChI is InChI=1S/C24H27N3O5S/c1-16-5-2-3-9-24(16)22(29)27(23(30)25-24)15-21(28)26(14-18-6-4-12-33-18)17-7-8-19-20(13-17)32-11-10-31-19/h4,6-8,12-13,16H,2-3,5,9-11,14-15H2,1H3,(H,25,30)/t16-,24-/m1/s1. The normalized spacial score (nSPS) is 24.2. The van der Waals surface area contributed by atoms with Gasteiger partial charge in [0.1, 0.15) is 25.3 Å². The van der Waals surface area contributed by atoms with Crippen molar-refractivity contribution < 1.29 is 23.9 Å². The number of benzene rings is 1. The number of carbonyl (C=O) groups is 3. The zero-order valence-corrected chi connectivity index (χ0v) is 19.4. The van der Waals surface area contributed by atoms with Crippen LogP contribution < -0.4 is 19.7 Å². The Bertz CT molecular complexity index is 1070. The summed E-state index contributed by atoms with van der Waals surface area (Å²) in [4.78, 5) is 43.3. The summed E-state index contributed by atoms with van der Waals surface area (Å²) in [5.74, 6) is 0.641. The molecule has 2 aromatic rings. The number of amides is 4. The molecule has 1 saturated carbocycles. The molecule has 2 aliphatic heterocycles. The molecule has 2 fully saturated rings. The van der Waals surface area contributed by atoms with Gasteiger partial charge in [0.25, 0.3) is 5.91 Å². The molecule has 33 heavy (non-hydrogen) atoms. The smallest absolute Gasteiger partial charge is 0.325 e. The average Bonchev–Trinajstić information content (AvgIpc) is 3.42. The third kappa shape index (κ3) is 3.94. The SMILES string of the molecule is C[C@@H]1CCCC[C@@]12NC(=O)N(CC(=O)N(Cc1cccs1)c1ccc3c(c1)OCCO3)C2=O. The van der Waals surface area contributed by atoms with Gasteiger partial charge in [-0.1, -0.05) is 25.8 Å². The number of anilines is 1. The largest absolute Gasteiger partial charge is 0.486 e. The van der Waals surface area contributed by atoms with Crippen LogP contribution in [0.5, 0.6) is 11.5 Å². The molecule has 1 saturated heterocycles. The van der Waals surface area contributed by atoms with E-state index in [-0.39, 0.29) is 24.3 Å². The van der Waals surface area contributed by atoms with E-state index in [9.17, 15) is 14.4 Å². The highest BCUT2D eigenvalue weighted by atomic mass is 32.1. The maximum absolute atomic E-state index is 13.5. The first kappa shape index (κ1) is 21.8. The molecule has 4 amide bonds. The van der Waals surface area contributed by atoms with Crippen molar-refractivity contribution in [2.75, 3.05) is 24.7 Å². The van der Waals surface area contributed by atoms with E-state index < -0.39 is 11.6 Å². The number of imide groups is 1. The molecule has 0 unspecified atom stereocenters. The van der Waals surface area contributed by atoms with Crippen molar-refractivity contribution in [2.45, 2.75) is 44.7 Å². The zero-order valence-electron chi connectivity index (χ0n) is 18.5. The molecule has 8 nitrogen and oxygen atoms in total. The molecule has 3 aliphatic rings. The summed E-state index contributed by atoms with van der Waals surface area (Å²) < 4.78 is 11.3. The molecule has 0 bridgehead atoms. The molecular weight excluding hydrogens is 442 g/mol. The van der Waals surface area contributed by atoms with Crippen molar-refractivity contribution in [1.29, 1.82) is 0 Å². The quantitative estimate of drug-likeness (QED) is 0.677. The van der Waals surface area contributed by atoms with Crippen LogP contribution in [0.25, 0.3) is 0 Å². The molecule has 1 aromatic carbocycles. The number of urea groups is 1. The van der Waals surface area contributed by atoms with Gasteiger partial charge in [0, 0.05) is 16.6 Å². The molecule has 2 atom stereocenters. The monoisotopic (exact) mass is 469 g/mol. The first-order valence-corrected chi connectivity index (χ1v) is 12.2. The Balaban J connectivity index is 1.40. The molecule has 1 N–H and O–H groups in total. The van der Waals surface area contributed by atoms with Crippen molar-refractivity contribution in [2.24, 2.45) is 5.92 Å². The van der Waals surface area contributed by atoms with Gasteiger partial charge in [0.15, 0.2) is 11.5 Å². The lowest BCUT2D eigenvalue weighted by Crippen LogP contribution is -2.54. The summed E-state index contributed by atoms with van der Waals surface area (Å²) in [5, 5.41) is 4.87. The highest BCUT2D eigenvalue weighted by molar-refractivity contribution is 7.09. The molecule has 3 heterocycles. The fourth-order valence-electron chi connectivity index (χ4n) is 4.94. The predicted molar refractivity (Wildman–Crippen MR) is 124 cm³/mol. The summed E-state index contributed by atoms with van der Waals surface area (Å²) in [6.07, 6.45) is 3.43. The van der Waals surface area contributed by atoms with E-state index in [4.69, 9.17) is 9.47 Å². The van der Waals surface area contributed by atoms with Gasteiger partial charge in [-0.15, -0.1) is 11.3 Å². The summed E-state index contributed by atoms with van der Waals surface area (Å²) in [6.45, 7) is 2.95. The van der Waals surface area contributed by atoms with Crippen LogP contribution in [0.3, 0.4) is 0 Å². The van der Waals surface area contributed by atoms with Crippen LogP contribution in [0, 0.1) is 5.92 Å². The van der Waals surface area contributed by atoms with Crippen LogP contribution >= 0.6 is 11.3 Å². The van der Waals surface area contributed by atoms with Crippen molar-refractivity contribution in [1.82, 2.24) is 10.2 Å². The zero-order chi connectivity index (χ0) is 23.0. The maximum Gasteiger partial charge on any atom is 0.325 e. The first-order chi connectivity index (χ1) is 16.0. The lowest BCUT2D eigenvalue weighted by Gasteiger charge is -2.36. The van der Waals surface area contributed by atoms with Crippen LogP contribution in [0.15, 0.2) is 35.7 Å².